The second-order valence-corrected chi connectivity index (χ2v) is 5.06. The van der Waals surface area contributed by atoms with Crippen LogP contribution >= 0.6 is 23.2 Å². The molecule has 0 saturated carbocycles. The number of hydrogen-bond donors (Lipinski definition) is 2. The van der Waals surface area contributed by atoms with Gasteiger partial charge in [-0.05, 0) is 30.3 Å². The summed E-state index contributed by atoms with van der Waals surface area (Å²) in [5, 5.41) is 10.2. The van der Waals surface area contributed by atoms with E-state index in [2.05, 4.69) is 9.97 Å². The standard InChI is InChI=1S/C14H8Cl2N2O2/c15-7-4-5-10(16)9(6-7)13-17-11-3-1-2-8(14(19)20)12(11)18-13/h1-6H,(H,17,18)(H,19,20). The molecule has 0 atom stereocenters. The first-order valence-electron chi connectivity index (χ1n) is 5.73. The van der Waals surface area contributed by atoms with Crippen molar-refractivity contribution in [1.29, 1.82) is 0 Å². The van der Waals surface area contributed by atoms with Crippen LogP contribution < -0.4 is 0 Å². The maximum Gasteiger partial charge on any atom is 0.337 e. The summed E-state index contributed by atoms with van der Waals surface area (Å²) < 4.78 is 0. The number of H-pyrrole nitrogens is 1. The molecular formula is C14H8Cl2N2O2. The number of fused-ring (bicyclic) bond motifs is 1. The molecule has 1 aromatic heterocycles. The highest BCUT2D eigenvalue weighted by atomic mass is 35.5. The molecule has 0 bridgehead atoms. The summed E-state index contributed by atoms with van der Waals surface area (Å²) in [6, 6.07) is 9.96. The van der Waals surface area contributed by atoms with E-state index in [9.17, 15) is 4.79 Å². The van der Waals surface area contributed by atoms with E-state index in [0.717, 1.165) is 0 Å². The van der Waals surface area contributed by atoms with Gasteiger partial charge in [-0.25, -0.2) is 9.78 Å². The van der Waals surface area contributed by atoms with Crippen LogP contribution in [-0.4, -0.2) is 21.0 Å². The Labute approximate surface area is 124 Å². The molecular weight excluding hydrogens is 299 g/mol. The topological polar surface area (TPSA) is 66.0 Å². The van der Waals surface area contributed by atoms with E-state index < -0.39 is 5.97 Å². The summed E-state index contributed by atoms with van der Waals surface area (Å²) in [6.07, 6.45) is 0. The van der Waals surface area contributed by atoms with Gasteiger partial charge in [-0.2, -0.15) is 0 Å². The highest BCUT2D eigenvalue weighted by Gasteiger charge is 2.14. The molecule has 2 N–H and O–H groups in total. The number of carbonyl (C=O) groups is 1. The number of aromatic nitrogens is 2. The molecule has 0 spiro atoms. The molecule has 3 rings (SSSR count). The smallest absolute Gasteiger partial charge is 0.337 e. The molecule has 0 unspecified atom stereocenters. The van der Waals surface area contributed by atoms with Crippen LogP contribution in [0.25, 0.3) is 22.4 Å². The maximum absolute atomic E-state index is 11.2. The largest absolute Gasteiger partial charge is 0.478 e. The molecule has 0 aliphatic heterocycles. The minimum absolute atomic E-state index is 0.142. The normalized spacial score (nSPS) is 10.9. The maximum atomic E-state index is 11.2. The zero-order valence-electron chi connectivity index (χ0n) is 10.0. The molecule has 20 heavy (non-hydrogen) atoms. The van der Waals surface area contributed by atoms with Gasteiger partial charge >= 0.3 is 5.97 Å². The lowest BCUT2D eigenvalue weighted by Gasteiger charge is -2.00. The number of halogens is 2. The number of nitrogens with zero attached hydrogens (tertiary/aromatic N) is 1. The summed E-state index contributed by atoms with van der Waals surface area (Å²) in [7, 11) is 0. The zero-order chi connectivity index (χ0) is 14.3. The number of rotatable bonds is 2. The van der Waals surface area contributed by atoms with Gasteiger partial charge in [-0.15, -0.1) is 0 Å². The molecule has 0 fully saturated rings. The lowest BCUT2D eigenvalue weighted by atomic mass is 10.2. The van der Waals surface area contributed by atoms with Crippen molar-refractivity contribution in [2.75, 3.05) is 0 Å². The first-order valence-corrected chi connectivity index (χ1v) is 6.49. The predicted octanol–water partition coefficient (Wildman–Crippen LogP) is 4.23. The molecule has 0 aliphatic carbocycles. The Kier molecular flexibility index (Phi) is 3.12. The number of hydrogen-bond acceptors (Lipinski definition) is 2. The summed E-state index contributed by atoms with van der Waals surface area (Å²) >= 11 is 12.1. The monoisotopic (exact) mass is 306 g/mol. The van der Waals surface area contributed by atoms with Crippen LogP contribution in [0.5, 0.6) is 0 Å². The van der Waals surface area contributed by atoms with E-state index in [4.69, 9.17) is 28.3 Å². The lowest BCUT2D eigenvalue weighted by Crippen LogP contribution is -1.96. The molecule has 100 valence electrons. The van der Waals surface area contributed by atoms with Crippen molar-refractivity contribution in [3.05, 3.63) is 52.0 Å². The second kappa shape index (κ2) is 4.81. The lowest BCUT2D eigenvalue weighted by molar-refractivity contribution is 0.0699. The van der Waals surface area contributed by atoms with E-state index in [1.54, 1.807) is 30.3 Å². The third-order valence-corrected chi connectivity index (χ3v) is 3.49. The summed E-state index contributed by atoms with van der Waals surface area (Å²) in [6.45, 7) is 0. The van der Waals surface area contributed by atoms with Gasteiger partial charge in [0.15, 0.2) is 0 Å². The Balaban J connectivity index is 2.26. The Hall–Kier alpha value is -2.04. The van der Waals surface area contributed by atoms with Crippen LogP contribution in [0, 0.1) is 0 Å². The van der Waals surface area contributed by atoms with Gasteiger partial charge in [0.1, 0.15) is 11.3 Å². The highest BCUT2D eigenvalue weighted by molar-refractivity contribution is 6.35. The second-order valence-electron chi connectivity index (χ2n) is 4.22. The molecule has 0 radical (unpaired) electrons. The van der Waals surface area contributed by atoms with Crippen LogP contribution in [0.15, 0.2) is 36.4 Å². The van der Waals surface area contributed by atoms with Crippen molar-refractivity contribution in [3.63, 3.8) is 0 Å². The SMILES string of the molecule is O=C(O)c1cccc2[nH]c(-c3cc(Cl)ccc3Cl)nc12. The number of aromatic amines is 1. The summed E-state index contributed by atoms with van der Waals surface area (Å²) in [4.78, 5) is 18.6. The quantitative estimate of drug-likeness (QED) is 0.744. The molecule has 0 amide bonds. The fourth-order valence-corrected chi connectivity index (χ4v) is 2.39. The molecule has 6 heteroatoms. The van der Waals surface area contributed by atoms with Crippen molar-refractivity contribution in [2.45, 2.75) is 0 Å². The molecule has 0 saturated heterocycles. The fourth-order valence-electron chi connectivity index (χ4n) is 2.01. The van der Waals surface area contributed by atoms with E-state index >= 15 is 0 Å². The van der Waals surface area contributed by atoms with Gasteiger partial charge in [0.2, 0.25) is 0 Å². The van der Waals surface area contributed by atoms with Gasteiger partial charge in [0.05, 0.1) is 16.1 Å². The van der Waals surface area contributed by atoms with Gasteiger partial charge in [0.25, 0.3) is 0 Å². The molecule has 4 nitrogen and oxygen atoms in total. The summed E-state index contributed by atoms with van der Waals surface area (Å²) in [5.41, 5.74) is 1.80. The number of carboxylic acid groups (broad SMARTS) is 1. The van der Waals surface area contributed by atoms with Crippen LogP contribution in [0.4, 0.5) is 0 Å². The van der Waals surface area contributed by atoms with Gasteiger partial charge in [0, 0.05) is 10.6 Å². The Morgan fingerprint density at radius 2 is 2.00 bits per heavy atom. The third kappa shape index (κ3) is 2.13. The number of nitrogens with one attached hydrogen (secondary N) is 1. The first-order chi connectivity index (χ1) is 9.56. The van der Waals surface area contributed by atoms with Gasteiger partial charge < -0.3 is 10.1 Å². The average Bonchev–Trinajstić information content (AvgIpc) is 2.84. The van der Waals surface area contributed by atoms with E-state index in [-0.39, 0.29) is 5.56 Å². The Morgan fingerprint density at radius 3 is 2.75 bits per heavy atom. The molecule has 1 heterocycles. The van der Waals surface area contributed by atoms with E-state index in [0.29, 0.717) is 32.5 Å². The Morgan fingerprint density at radius 1 is 1.20 bits per heavy atom. The molecule has 3 aromatic rings. The van der Waals surface area contributed by atoms with Crippen LogP contribution in [0.1, 0.15) is 10.4 Å². The number of imidazole rings is 1. The number of aromatic carboxylic acids is 1. The molecule has 0 aliphatic rings. The summed E-state index contributed by atoms with van der Waals surface area (Å²) in [5.74, 6) is -0.535. The van der Waals surface area contributed by atoms with E-state index in [1.807, 2.05) is 0 Å². The fraction of sp³-hybridized carbons (Fsp3) is 0. The average molecular weight is 307 g/mol. The van der Waals surface area contributed by atoms with E-state index in [1.165, 1.54) is 6.07 Å². The Bertz CT molecular complexity index is 827. The van der Waals surface area contributed by atoms with Crippen LogP contribution in [0.2, 0.25) is 10.0 Å². The van der Waals surface area contributed by atoms with Crippen molar-refractivity contribution in [1.82, 2.24) is 9.97 Å². The van der Waals surface area contributed by atoms with Crippen LogP contribution in [-0.2, 0) is 0 Å². The van der Waals surface area contributed by atoms with Crippen molar-refractivity contribution in [3.8, 4) is 11.4 Å². The number of benzene rings is 2. The van der Waals surface area contributed by atoms with Crippen LogP contribution in [0.3, 0.4) is 0 Å². The van der Waals surface area contributed by atoms with Crippen molar-refractivity contribution >= 4 is 40.2 Å². The predicted molar refractivity (Wildman–Crippen MR) is 78.5 cm³/mol. The van der Waals surface area contributed by atoms with Crippen molar-refractivity contribution in [2.24, 2.45) is 0 Å². The minimum atomic E-state index is -1.02. The van der Waals surface area contributed by atoms with Gasteiger partial charge in [-0.3, -0.25) is 0 Å². The van der Waals surface area contributed by atoms with Gasteiger partial charge in [-0.1, -0.05) is 29.3 Å². The minimum Gasteiger partial charge on any atom is -0.478 e. The molecule has 2 aromatic carbocycles. The first kappa shape index (κ1) is 13.0. The number of para-hydroxylation sites is 1. The number of carboxylic acids is 1. The highest BCUT2D eigenvalue weighted by Crippen LogP contribution is 2.30. The van der Waals surface area contributed by atoms with Crippen molar-refractivity contribution < 1.29 is 9.90 Å². The zero-order valence-corrected chi connectivity index (χ0v) is 11.5. The third-order valence-electron chi connectivity index (χ3n) is 2.93.